The van der Waals surface area contributed by atoms with Crippen molar-refractivity contribution in [2.45, 2.75) is 19.4 Å². The number of hydrogen-bond donors (Lipinski definition) is 2. The normalized spacial score (nSPS) is 10.2. The summed E-state index contributed by atoms with van der Waals surface area (Å²) in [6, 6.07) is 6.64. The van der Waals surface area contributed by atoms with Crippen LogP contribution in [0, 0.1) is 0 Å². The number of amides is 1. The van der Waals surface area contributed by atoms with Crippen molar-refractivity contribution in [2.24, 2.45) is 0 Å². The Morgan fingerprint density at radius 1 is 1.30 bits per heavy atom. The molecule has 6 heteroatoms. The summed E-state index contributed by atoms with van der Waals surface area (Å²) in [5.41, 5.74) is 0.735. The van der Waals surface area contributed by atoms with E-state index in [2.05, 4.69) is 10.3 Å². The van der Waals surface area contributed by atoms with Gasteiger partial charge in [-0.25, -0.2) is 9.78 Å². The first kappa shape index (κ1) is 13.8. The molecule has 0 bridgehead atoms. The molecule has 2 rings (SSSR count). The number of nitrogens with one attached hydrogen (secondary N) is 1. The highest BCUT2D eigenvalue weighted by Gasteiger charge is 2.06. The van der Waals surface area contributed by atoms with Crippen LogP contribution >= 0.6 is 0 Å². The van der Waals surface area contributed by atoms with E-state index in [-0.39, 0.29) is 11.6 Å². The van der Waals surface area contributed by atoms with E-state index in [9.17, 15) is 9.59 Å². The summed E-state index contributed by atoms with van der Waals surface area (Å²) < 4.78 is 5.14. The minimum Gasteiger partial charge on any atom is -0.477 e. The van der Waals surface area contributed by atoms with Crippen LogP contribution < -0.4 is 5.32 Å². The molecular formula is C14H14N2O4. The number of nitrogens with zero attached hydrogens (tertiary/aromatic N) is 1. The van der Waals surface area contributed by atoms with Crippen molar-refractivity contribution in [1.82, 2.24) is 10.3 Å². The molecule has 104 valence electrons. The molecule has 0 saturated heterocycles. The van der Waals surface area contributed by atoms with Gasteiger partial charge in [0.05, 0.1) is 6.26 Å². The molecule has 0 fully saturated rings. The van der Waals surface area contributed by atoms with Gasteiger partial charge >= 0.3 is 5.97 Å². The summed E-state index contributed by atoms with van der Waals surface area (Å²) in [7, 11) is 0. The quantitative estimate of drug-likeness (QED) is 0.835. The van der Waals surface area contributed by atoms with E-state index in [1.165, 1.54) is 12.3 Å². The number of pyridine rings is 1. The number of carbonyl (C=O) groups excluding carboxylic acids is 1. The summed E-state index contributed by atoms with van der Waals surface area (Å²) >= 11 is 0. The van der Waals surface area contributed by atoms with Crippen molar-refractivity contribution in [3.05, 3.63) is 53.7 Å². The lowest BCUT2D eigenvalue weighted by molar-refractivity contribution is -0.121. The van der Waals surface area contributed by atoms with Crippen molar-refractivity contribution >= 4 is 11.9 Å². The number of hydrogen-bond acceptors (Lipinski definition) is 4. The van der Waals surface area contributed by atoms with Crippen LogP contribution in [0.15, 0.2) is 41.1 Å². The Balaban J connectivity index is 1.76. The van der Waals surface area contributed by atoms with Crippen LogP contribution in [0.25, 0.3) is 0 Å². The summed E-state index contributed by atoms with van der Waals surface area (Å²) in [4.78, 5) is 26.0. The minimum atomic E-state index is -1.07. The second kappa shape index (κ2) is 6.51. The molecule has 0 atom stereocenters. The van der Waals surface area contributed by atoms with E-state index >= 15 is 0 Å². The molecule has 20 heavy (non-hydrogen) atoms. The van der Waals surface area contributed by atoms with Crippen LogP contribution in [0.3, 0.4) is 0 Å². The molecule has 0 aliphatic carbocycles. The van der Waals surface area contributed by atoms with Gasteiger partial charge in [-0.3, -0.25) is 4.79 Å². The highest BCUT2D eigenvalue weighted by molar-refractivity contribution is 5.85. The van der Waals surface area contributed by atoms with Gasteiger partial charge in [-0.15, -0.1) is 0 Å². The monoisotopic (exact) mass is 274 g/mol. The van der Waals surface area contributed by atoms with Crippen molar-refractivity contribution in [1.29, 1.82) is 0 Å². The first-order chi connectivity index (χ1) is 9.65. The Morgan fingerprint density at radius 2 is 2.15 bits per heavy atom. The Kier molecular flexibility index (Phi) is 4.49. The zero-order valence-electron chi connectivity index (χ0n) is 10.7. The van der Waals surface area contributed by atoms with E-state index in [0.29, 0.717) is 19.4 Å². The number of aromatic carboxylic acids is 1. The number of aromatic nitrogens is 1. The Labute approximate surface area is 115 Å². The summed E-state index contributed by atoms with van der Waals surface area (Å²) in [5, 5.41) is 11.5. The molecule has 0 aliphatic rings. The molecule has 2 heterocycles. The zero-order valence-corrected chi connectivity index (χ0v) is 10.7. The van der Waals surface area contributed by atoms with Crippen LogP contribution in [0.4, 0.5) is 0 Å². The second-order valence-corrected chi connectivity index (χ2v) is 4.21. The van der Waals surface area contributed by atoms with Crippen LogP contribution in [0.2, 0.25) is 0 Å². The average Bonchev–Trinajstić information content (AvgIpc) is 2.96. The third-order valence-corrected chi connectivity index (χ3v) is 2.71. The number of carbonyl (C=O) groups is 2. The molecular weight excluding hydrogens is 260 g/mol. The lowest BCUT2D eigenvalue weighted by Gasteiger charge is -2.04. The second-order valence-electron chi connectivity index (χ2n) is 4.21. The maximum Gasteiger partial charge on any atom is 0.354 e. The van der Waals surface area contributed by atoms with Crippen molar-refractivity contribution in [2.75, 3.05) is 0 Å². The molecule has 0 saturated carbocycles. The lowest BCUT2D eigenvalue weighted by Crippen LogP contribution is -2.23. The molecule has 0 radical (unpaired) electrons. The van der Waals surface area contributed by atoms with Crippen molar-refractivity contribution in [3.63, 3.8) is 0 Å². The Morgan fingerprint density at radius 3 is 2.75 bits per heavy atom. The predicted molar refractivity (Wildman–Crippen MR) is 70.1 cm³/mol. The molecule has 2 aromatic heterocycles. The zero-order chi connectivity index (χ0) is 14.4. The molecule has 0 spiro atoms. The molecule has 2 aromatic rings. The number of carboxylic acids is 1. The number of furan rings is 1. The summed E-state index contributed by atoms with van der Waals surface area (Å²) in [6.45, 7) is 0.323. The fourth-order valence-electron chi connectivity index (χ4n) is 1.64. The van der Waals surface area contributed by atoms with Gasteiger partial charge in [-0.05, 0) is 23.8 Å². The maximum atomic E-state index is 11.6. The highest BCUT2D eigenvalue weighted by atomic mass is 16.4. The van der Waals surface area contributed by atoms with Crippen molar-refractivity contribution in [3.8, 4) is 0 Å². The average molecular weight is 274 g/mol. The first-order valence-corrected chi connectivity index (χ1v) is 6.12. The number of rotatable bonds is 6. The van der Waals surface area contributed by atoms with Gasteiger partial charge in [-0.2, -0.15) is 0 Å². The minimum absolute atomic E-state index is 0.0158. The van der Waals surface area contributed by atoms with Gasteiger partial charge in [0.1, 0.15) is 11.5 Å². The molecule has 0 aliphatic heterocycles. The van der Waals surface area contributed by atoms with Crippen LogP contribution in [0.1, 0.15) is 28.2 Å². The maximum absolute atomic E-state index is 11.6. The first-order valence-electron chi connectivity index (χ1n) is 6.12. The van der Waals surface area contributed by atoms with Gasteiger partial charge in [0.2, 0.25) is 5.91 Å². The Bertz CT molecular complexity index is 576. The van der Waals surface area contributed by atoms with Gasteiger partial charge in [0, 0.05) is 25.6 Å². The van der Waals surface area contributed by atoms with Crippen LogP contribution in [0.5, 0.6) is 0 Å². The van der Waals surface area contributed by atoms with Crippen molar-refractivity contribution < 1.29 is 19.1 Å². The van der Waals surface area contributed by atoms with Gasteiger partial charge in [0.15, 0.2) is 0 Å². The fourth-order valence-corrected chi connectivity index (χ4v) is 1.64. The van der Waals surface area contributed by atoms with Gasteiger partial charge in [-0.1, -0.05) is 6.07 Å². The fraction of sp³-hybridized carbons (Fsp3) is 0.214. The predicted octanol–water partition coefficient (Wildman–Crippen LogP) is 1.62. The van der Waals surface area contributed by atoms with E-state index in [1.807, 2.05) is 6.07 Å². The van der Waals surface area contributed by atoms with Gasteiger partial charge in [0.25, 0.3) is 0 Å². The molecule has 1 amide bonds. The third kappa shape index (κ3) is 3.94. The largest absolute Gasteiger partial charge is 0.477 e. The summed E-state index contributed by atoms with van der Waals surface area (Å²) in [6.07, 6.45) is 3.91. The van der Waals surface area contributed by atoms with E-state index in [4.69, 9.17) is 9.52 Å². The SMILES string of the molecule is O=C(CCc1ccco1)NCc1ccc(C(=O)O)nc1. The molecule has 0 unspecified atom stereocenters. The number of carboxylic acid groups (broad SMARTS) is 1. The molecule has 0 aromatic carbocycles. The molecule has 2 N–H and O–H groups in total. The van der Waals surface area contributed by atoms with Gasteiger partial charge < -0.3 is 14.8 Å². The molecule has 6 nitrogen and oxygen atoms in total. The third-order valence-electron chi connectivity index (χ3n) is 2.71. The van der Waals surface area contributed by atoms with Crippen LogP contribution in [-0.4, -0.2) is 22.0 Å². The topological polar surface area (TPSA) is 92.4 Å². The Hall–Kier alpha value is -2.63. The van der Waals surface area contributed by atoms with E-state index in [1.54, 1.807) is 18.4 Å². The standard InChI is InChI=1S/C14H14N2O4/c17-13(6-4-11-2-1-7-20-11)16-9-10-3-5-12(14(18)19)15-8-10/h1-3,5,7-8H,4,6,9H2,(H,16,17)(H,18,19). The summed E-state index contributed by atoms with van der Waals surface area (Å²) in [5.74, 6) is -0.393. The van der Waals surface area contributed by atoms with Crippen LogP contribution in [-0.2, 0) is 17.8 Å². The van der Waals surface area contributed by atoms with E-state index in [0.717, 1.165) is 11.3 Å². The number of aryl methyl sites for hydroxylation is 1. The smallest absolute Gasteiger partial charge is 0.354 e. The highest BCUT2D eigenvalue weighted by Crippen LogP contribution is 2.04. The van der Waals surface area contributed by atoms with E-state index < -0.39 is 5.97 Å². The lowest BCUT2D eigenvalue weighted by atomic mass is 10.2.